The van der Waals surface area contributed by atoms with E-state index in [0.29, 0.717) is 5.39 Å². The molecule has 0 bridgehead atoms. The molecule has 0 saturated heterocycles. The van der Waals surface area contributed by atoms with Crippen LogP contribution < -0.4 is 4.72 Å². The SMILES string of the molecule is CC(C)C(NS(=O)(=O)c1ccc2c3c(cccc13)CC2)C(=O)O. The van der Waals surface area contributed by atoms with Crippen LogP contribution in [0.5, 0.6) is 0 Å². The summed E-state index contributed by atoms with van der Waals surface area (Å²) in [6.07, 6.45) is 1.82. The summed E-state index contributed by atoms with van der Waals surface area (Å²) in [4.78, 5) is 11.5. The Morgan fingerprint density at radius 3 is 2.39 bits per heavy atom. The normalized spacial score (nSPS) is 15.3. The Morgan fingerprint density at radius 2 is 1.78 bits per heavy atom. The summed E-state index contributed by atoms with van der Waals surface area (Å²) in [5.41, 5.74) is 2.29. The second kappa shape index (κ2) is 5.62. The van der Waals surface area contributed by atoms with E-state index in [1.165, 1.54) is 0 Å². The summed E-state index contributed by atoms with van der Waals surface area (Å²) in [6, 6.07) is 7.91. The van der Waals surface area contributed by atoms with Gasteiger partial charge in [-0.15, -0.1) is 0 Å². The monoisotopic (exact) mass is 333 g/mol. The van der Waals surface area contributed by atoms with Crippen LogP contribution in [-0.2, 0) is 27.7 Å². The fraction of sp³-hybridized carbons (Fsp3) is 0.353. The van der Waals surface area contributed by atoms with Crippen LogP contribution >= 0.6 is 0 Å². The maximum atomic E-state index is 12.7. The Bertz CT molecular complexity index is 877. The number of aliphatic carboxylic acids is 1. The number of nitrogens with one attached hydrogen (secondary N) is 1. The molecule has 2 N–H and O–H groups in total. The second-order valence-electron chi connectivity index (χ2n) is 6.24. The van der Waals surface area contributed by atoms with E-state index in [0.717, 1.165) is 29.4 Å². The van der Waals surface area contributed by atoms with Gasteiger partial charge >= 0.3 is 5.97 Å². The van der Waals surface area contributed by atoms with Crippen LogP contribution in [0.25, 0.3) is 10.8 Å². The Hall–Kier alpha value is -1.92. The van der Waals surface area contributed by atoms with Crippen molar-refractivity contribution >= 4 is 26.8 Å². The number of benzene rings is 2. The van der Waals surface area contributed by atoms with Crippen molar-refractivity contribution in [2.45, 2.75) is 37.6 Å². The largest absolute Gasteiger partial charge is 0.480 e. The van der Waals surface area contributed by atoms with E-state index in [9.17, 15) is 18.3 Å². The van der Waals surface area contributed by atoms with E-state index in [4.69, 9.17) is 0 Å². The molecule has 23 heavy (non-hydrogen) atoms. The van der Waals surface area contributed by atoms with Crippen molar-refractivity contribution in [1.29, 1.82) is 0 Å². The molecule has 122 valence electrons. The minimum absolute atomic E-state index is 0.145. The van der Waals surface area contributed by atoms with Crippen LogP contribution in [0.15, 0.2) is 35.2 Å². The molecule has 0 aromatic heterocycles. The lowest BCUT2D eigenvalue weighted by Crippen LogP contribution is -2.44. The van der Waals surface area contributed by atoms with Gasteiger partial charge in [-0.05, 0) is 41.3 Å². The van der Waals surface area contributed by atoms with Crippen molar-refractivity contribution in [2.75, 3.05) is 0 Å². The van der Waals surface area contributed by atoms with E-state index in [-0.39, 0.29) is 10.8 Å². The van der Waals surface area contributed by atoms with E-state index in [1.54, 1.807) is 26.0 Å². The molecule has 1 aliphatic carbocycles. The average molecular weight is 333 g/mol. The van der Waals surface area contributed by atoms with Crippen molar-refractivity contribution in [3.63, 3.8) is 0 Å². The van der Waals surface area contributed by atoms with Gasteiger partial charge in [0.25, 0.3) is 0 Å². The van der Waals surface area contributed by atoms with Gasteiger partial charge in [-0.1, -0.05) is 38.1 Å². The molecule has 0 aliphatic heterocycles. The minimum Gasteiger partial charge on any atom is -0.480 e. The number of carboxylic acid groups (broad SMARTS) is 1. The molecule has 1 atom stereocenters. The molecule has 1 aliphatic rings. The molecule has 0 heterocycles. The van der Waals surface area contributed by atoms with Crippen molar-refractivity contribution in [3.8, 4) is 0 Å². The summed E-state index contributed by atoms with van der Waals surface area (Å²) in [5, 5.41) is 10.9. The standard InChI is InChI=1S/C17H19NO4S/c1-10(2)16(17(19)20)18-23(21,22)14-9-8-12-7-6-11-4-3-5-13(14)15(11)12/h3-5,8-10,16,18H,6-7H2,1-2H3,(H,19,20). The Morgan fingerprint density at radius 1 is 1.13 bits per heavy atom. The number of rotatable bonds is 5. The number of hydrogen-bond donors (Lipinski definition) is 2. The topological polar surface area (TPSA) is 83.5 Å². The molecule has 6 heteroatoms. The molecule has 3 rings (SSSR count). The third-order valence-electron chi connectivity index (χ3n) is 4.34. The van der Waals surface area contributed by atoms with Gasteiger partial charge in [0.1, 0.15) is 6.04 Å². The molecular formula is C17H19NO4S. The molecule has 2 aromatic rings. The molecule has 1 unspecified atom stereocenters. The van der Waals surface area contributed by atoms with Crippen LogP contribution in [0.4, 0.5) is 0 Å². The summed E-state index contributed by atoms with van der Waals surface area (Å²) in [6.45, 7) is 3.35. The lowest BCUT2D eigenvalue weighted by molar-refractivity contribution is -0.140. The smallest absolute Gasteiger partial charge is 0.322 e. The van der Waals surface area contributed by atoms with Crippen molar-refractivity contribution in [1.82, 2.24) is 4.72 Å². The predicted molar refractivity (Wildman–Crippen MR) is 87.9 cm³/mol. The molecular weight excluding hydrogens is 314 g/mol. The van der Waals surface area contributed by atoms with Crippen molar-refractivity contribution in [3.05, 3.63) is 41.5 Å². The molecule has 0 fully saturated rings. The number of hydrogen-bond acceptors (Lipinski definition) is 3. The quantitative estimate of drug-likeness (QED) is 0.879. The summed E-state index contributed by atoms with van der Waals surface area (Å²) in [5.74, 6) is -1.52. The van der Waals surface area contributed by atoms with Gasteiger partial charge in [-0.2, -0.15) is 4.72 Å². The van der Waals surface area contributed by atoms with Gasteiger partial charge < -0.3 is 5.11 Å². The highest BCUT2D eigenvalue weighted by Gasteiger charge is 2.30. The molecule has 0 radical (unpaired) electrons. The van der Waals surface area contributed by atoms with E-state index < -0.39 is 22.0 Å². The molecule has 0 amide bonds. The lowest BCUT2D eigenvalue weighted by atomic mass is 10.1. The predicted octanol–water partition coefficient (Wildman–Crippen LogP) is 2.33. The molecule has 0 spiro atoms. The first-order valence-corrected chi connectivity index (χ1v) is 9.08. The highest BCUT2D eigenvalue weighted by Crippen LogP contribution is 2.34. The van der Waals surface area contributed by atoms with Gasteiger partial charge in [0, 0.05) is 5.39 Å². The minimum atomic E-state index is -3.91. The summed E-state index contributed by atoms with van der Waals surface area (Å²) in [7, 11) is -3.91. The maximum Gasteiger partial charge on any atom is 0.322 e. The third-order valence-corrected chi connectivity index (χ3v) is 5.84. The summed E-state index contributed by atoms with van der Waals surface area (Å²) >= 11 is 0. The van der Waals surface area contributed by atoms with Crippen LogP contribution in [0.1, 0.15) is 25.0 Å². The maximum absolute atomic E-state index is 12.7. The van der Waals surface area contributed by atoms with Gasteiger partial charge in [-0.25, -0.2) is 8.42 Å². The van der Waals surface area contributed by atoms with E-state index >= 15 is 0 Å². The van der Waals surface area contributed by atoms with Crippen LogP contribution in [0, 0.1) is 5.92 Å². The highest BCUT2D eigenvalue weighted by atomic mass is 32.2. The first kappa shape index (κ1) is 16.0. The first-order valence-electron chi connectivity index (χ1n) is 7.60. The zero-order chi connectivity index (χ0) is 16.8. The van der Waals surface area contributed by atoms with Crippen molar-refractivity contribution < 1.29 is 18.3 Å². The van der Waals surface area contributed by atoms with E-state index in [2.05, 4.69) is 4.72 Å². The third kappa shape index (κ3) is 2.72. The summed E-state index contributed by atoms with van der Waals surface area (Å²) < 4.78 is 27.8. The fourth-order valence-corrected chi connectivity index (χ4v) is 4.70. The number of aryl methyl sites for hydroxylation is 2. The number of carboxylic acids is 1. The van der Waals surface area contributed by atoms with Gasteiger partial charge in [0.2, 0.25) is 10.0 Å². The Labute approximate surface area is 135 Å². The average Bonchev–Trinajstić information content (AvgIpc) is 2.90. The molecule has 0 saturated carbocycles. The van der Waals surface area contributed by atoms with Gasteiger partial charge in [0.05, 0.1) is 4.90 Å². The fourth-order valence-electron chi connectivity index (χ4n) is 3.16. The van der Waals surface area contributed by atoms with Gasteiger partial charge in [-0.3, -0.25) is 4.79 Å². The second-order valence-corrected chi connectivity index (χ2v) is 7.93. The molecule has 2 aromatic carbocycles. The number of carbonyl (C=O) groups is 1. The zero-order valence-corrected chi connectivity index (χ0v) is 13.9. The highest BCUT2D eigenvalue weighted by molar-refractivity contribution is 7.89. The van der Waals surface area contributed by atoms with Crippen LogP contribution in [-0.4, -0.2) is 25.5 Å². The number of sulfonamides is 1. The lowest BCUT2D eigenvalue weighted by Gasteiger charge is -2.19. The van der Waals surface area contributed by atoms with Crippen LogP contribution in [0.3, 0.4) is 0 Å². The van der Waals surface area contributed by atoms with Crippen LogP contribution in [0.2, 0.25) is 0 Å². The van der Waals surface area contributed by atoms with Crippen molar-refractivity contribution in [2.24, 2.45) is 5.92 Å². The first-order chi connectivity index (χ1) is 10.8. The Kier molecular flexibility index (Phi) is 3.90. The zero-order valence-electron chi connectivity index (χ0n) is 13.0. The van der Waals surface area contributed by atoms with E-state index in [1.807, 2.05) is 18.2 Å². The molecule has 5 nitrogen and oxygen atoms in total. The van der Waals surface area contributed by atoms with Gasteiger partial charge in [0.15, 0.2) is 0 Å². The Balaban J connectivity index is 2.12.